The van der Waals surface area contributed by atoms with Crippen LogP contribution >= 0.6 is 11.6 Å². The van der Waals surface area contributed by atoms with E-state index in [4.69, 9.17) is 16.3 Å². The molecule has 1 saturated heterocycles. The van der Waals surface area contributed by atoms with Crippen LogP contribution in [0.1, 0.15) is 18.4 Å². The first-order valence-corrected chi connectivity index (χ1v) is 9.97. The number of ether oxygens (including phenoxy) is 1. The number of hydrogen-bond acceptors (Lipinski definition) is 3. The van der Waals surface area contributed by atoms with Crippen molar-refractivity contribution < 1.29 is 14.3 Å². The number of para-hydroxylation sites is 1. The third kappa shape index (κ3) is 5.99. The lowest BCUT2D eigenvalue weighted by molar-refractivity contribution is -0.137. The van der Waals surface area contributed by atoms with Crippen LogP contribution in [0.5, 0.6) is 5.75 Å². The molecule has 2 aromatic rings. The molecule has 2 amide bonds. The number of nitrogens with one attached hydrogen (secondary N) is 1. The average molecular weight is 401 g/mol. The van der Waals surface area contributed by atoms with Gasteiger partial charge in [0.15, 0.2) is 6.61 Å². The van der Waals surface area contributed by atoms with Crippen molar-refractivity contribution in [2.24, 2.45) is 5.92 Å². The second-order valence-electron chi connectivity index (χ2n) is 6.92. The number of nitrogens with zero attached hydrogens (tertiary/aromatic N) is 1. The molecule has 28 heavy (non-hydrogen) atoms. The topological polar surface area (TPSA) is 58.6 Å². The van der Waals surface area contributed by atoms with Crippen molar-refractivity contribution in [2.75, 3.05) is 26.2 Å². The van der Waals surface area contributed by atoms with Gasteiger partial charge in [-0.2, -0.15) is 0 Å². The average Bonchev–Trinajstić information content (AvgIpc) is 2.74. The molecule has 148 valence electrons. The quantitative estimate of drug-likeness (QED) is 0.775. The smallest absolute Gasteiger partial charge is 0.260 e. The summed E-state index contributed by atoms with van der Waals surface area (Å²) in [6.45, 7) is 1.81. The van der Waals surface area contributed by atoms with Crippen molar-refractivity contribution in [1.29, 1.82) is 0 Å². The van der Waals surface area contributed by atoms with Gasteiger partial charge in [-0.3, -0.25) is 9.59 Å². The van der Waals surface area contributed by atoms with Crippen molar-refractivity contribution >= 4 is 23.4 Å². The highest BCUT2D eigenvalue weighted by molar-refractivity contribution is 6.30. The number of halogens is 1. The first kappa shape index (κ1) is 20.2. The van der Waals surface area contributed by atoms with Gasteiger partial charge in [0, 0.05) is 30.6 Å². The molecule has 0 aromatic heterocycles. The van der Waals surface area contributed by atoms with E-state index in [-0.39, 0.29) is 24.3 Å². The van der Waals surface area contributed by atoms with Crippen molar-refractivity contribution in [3.63, 3.8) is 0 Å². The van der Waals surface area contributed by atoms with Gasteiger partial charge in [-0.15, -0.1) is 0 Å². The fraction of sp³-hybridized carbons (Fsp3) is 0.364. The number of carbonyl (C=O) groups is 2. The molecule has 0 unspecified atom stereocenters. The normalized spacial score (nSPS) is 14.5. The van der Waals surface area contributed by atoms with E-state index in [1.165, 1.54) is 0 Å². The Balaban J connectivity index is 1.35. The standard InChI is InChI=1S/C22H25ClN2O3/c23-19-8-6-17(7-9-19)10-13-24-22(27)18-11-14-25(15-12-18)21(26)16-28-20-4-2-1-3-5-20/h1-9,18H,10-16H2,(H,24,27). The van der Waals surface area contributed by atoms with Gasteiger partial charge in [0.05, 0.1) is 0 Å². The van der Waals surface area contributed by atoms with Crippen molar-refractivity contribution in [3.8, 4) is 5.75 Å². The minimum absolute atomic E-state index is 0.0297. The van der Waals surface area contributed by atoms with E-state index in [9.17, 15) is 9.59 Å². The van der Waals surface area contributed by atoms with Gasteiger partial charge in [-0.1, -0.05) is 41.9 Å². The number of carbonyl (C=O) groups excluding carboxylic acids is 2. The van der Waals surface area contributed by atoms with Crippen LogP contribution in [-0.4, -0.2) is 43.0 Å². The van der Waals surface area contributed by atoms with Gasteiger partial charge in [-0.25, -0.2) is 0 Å². The van der Waals surface area contributed by atoms with E-state index in [1.807, 2.05) is 54.6 Å². The summed E-state index contributed by atoms with van der Waals surface area (Å²) >= 11 is 5.88. The van der Waals surface area contributed by atoms with E-state index in [2.05, 4.69) is 5.32 Å². The third-order valence-corrected chi connectivity index (χ3v) is 5.20. The van der Waals surface area contributed by atoms with Gasteiger partial charge in [-0.05, 0) is 49.1 Å². The molecule has 6 heteroatoms. The number of benzene rings is 2. The Hall–Kier alpha value is -2.53. The first-order valence-electron chi connectivity index (χ1n) is 9.59. The number of piperidine rings is 1. The molecule has 0 radical (unpaired) electrons. The highest BCUT2D eigenvalue weighted by atomic mass is 35.5. The van der Waals surface area contributed by atoms with Crippen molar-refractivity contribution in [3.05, 3.63) is 65.2 Å². The van der Waals surface area contributed by atoms with Gasteiger partial charge in [0.25, 0.3) is 5.91 Å². The summed E-state index contributed by atoms with van der Waals surface area (Å²) in [6, 6.07) is 16.9. The molecule has 1 fully saturated rings. The summed E-state index contributed by atoms with van der Waals surface area (Å²) in [5.74, 6) is 0.683. The summed E-state index contributed by atoms with van der Waals surface area (Å²) in [7, 11) is 0. The van der Waals surface area contributed by atoms with E-state index in [0.717, 1.165) is 12.0 Å². The maximum Gasteiger partial charge on any atom is 0.260 e. The molecule has 2 aromatic carbocycles. The Bertz CT molecular complexity index is 772. The summed E-state index contributed by atoms with van der Waals surface area (Å²) in [6.07, 6.45) is 2.14. The van der Waals surface area contributed by atoms with Gasteiger partial charge in [0.2, 0.25) is 5.91 Å². The van der Waals surface area contributed by atoms with Crippen LogP contribution in [0.3, 0.4) is 0 Å². The highest BCUT2D eigenvalue weighted by Gasteiger charge is 2.27. The van der Waals surface area contributed by atoms with Crippen LogP contribution in [0, 0.1) is 5.92 Å². The molecular weight excluding hydrogens is 376 g/mol. The van der Waals surface area contributed by atoms with Crippen molar-refractivity contribution in [2.45, 2.75) is 19.3 Å². The number of amides is 2. The zero-order chi connectivity index (χ0) is 19.8. The molecule has 0 saturated carbocycles. The molecule has 0 spiro atoms. The molecule has 1 heterocycles. The number of likely N-dealkylation sites (tertiary alicyclic amines) is 1. The fourth-order valence-electron chi connectivity index (χ4n) is 3.27. The maximum atomic E-state index is 12.4. The van der Waals surface area contributed by atoms with Crippen LogP contribution in [0.4, 0.5) is 0 Å². The van der Waals surface area contributed by atoms with Gasteiger partial charge >= 0.3 is 0 Å². The van der Waals surface area contributed by atoms with Crippen LogP contribution in [-0.2, 0) is 16.0 Å². The Kier molecular flexibility index (Phi) is 7.31. The van der Waals surface area contributed by atoms with Crippen molar-refractivity contribution in [1.82, 2.24) is 10.2 Å². The molecule has 1 aliphatic rings. The summed E-state index contributed by atoms with van der Waals surface area (Å²) in [4.78, 5) is 26.4. The molecule has 0 bridgehead atoms. The lowest BCUT2D eigenvalue weighted by Gasteiger charge is -2.31. The Morgan fingerprint density at radius 3 is 2.39 bits per heavy atom. The van der Waals surface area contributed by atoms with E-state index < -0.39 is 0 Å². The summed E-state index contributed by atoms with van der Waals surface area (Å²) < 4.78 is 5.52. The van der Waals surface area contributed by atoms with Crippen LogP contribution in [0.25, 0.3) is 0 Å². The van der Waals surface area contributed by atoms with Crippen LogP contribution in [0.15, 0.2) is 54.6 Å². The van der Waals surface area contributed by atoms with Crippen LogP contribution in [0.2, 0.25) is 5.02 Å². The third-order valence-electron chi connectivity index (χ3n) is 4.95. The van der Waals surface area contributed by atoms with E-state index in [0.29, 0.717) is 43.2 Å². The predicted octanol–water partition coefficient (Wildman–Crippen LogP) is 3.32. The fourth-order valence-corrected chi connectivity index (χ4v) is 3.40. The number of hydrogen-bond donors (Lipinski definition) is 1. The largest absolute Gasteiger partial charge is 0.484 e. The minimum atomic E-state index is -0.0377. The minimum Gasteiger partial charge on any atom is -0.484 e. The first-order chi connectivity index (χ1) is 13.6. The lowest BCUT2D eigenvalue weighted by atomic mass is 9.96. The molecular formula is C22H25ClN2O3. The van der Waals surface area contributed by atoms with E-state index in [1.54, 1.807) is 4.90 Å². The zero-order valence-corrected chi connectivity index (χ0v) is 16.5. The Morgan fingerprint density at radius 1 is 1.04 bits per heavy atom. The molecule has 0 atom stereocenters. The second-order valence-corrected chi connectivity index (χ2v) is 7.36. The van der Waals surface area contributed by atoms with Crippen LogP contribution < -0.4 is 10.1 Å². The SMILES string of the molecule is O=C(NCCc1ccc(Cl)cc1)C1CCN(C(=O)COc2ccccc2)CC1. The molecule has 1 aliphatic heterocycles. The second kappa shape index (κ2) is 10.1. The molecule has 1 N–H and O–H groups in total. The molecule has 5 nitrogen and oxygen atoms in total. The Morgan fingerprint density at radius 2 is 1.71 bits per heavy atom. The van der Waals surface area contributed by atoms with E-state index >= 15 is 0 Å². The number of rotatable bonds is 7. The van der Waals surface area contributed by atoms with Gasteiger partial charge in [0.1, 0.15) is 5.75 Å². The van der Waals surface area contributed by atoms with Gasteiger partial charge < -0.3 is 15.0 Å². The summed E-state index contributed by atoms with van der Waals surface area (Å²) in [5, 5.41) is 3.72. The Labute approximate surface area is 170 Å². The zero-order valence-electron chi connectivity index (χ0n) is 15.8. The lowest BCUT2D eigenvalue weighted by Crippen LogP contribution is -2.44. The maximum absolute atomic E-state index is 12.4. The highest BCUT2D eigenvalue weighted by Crippen LogP contribution is 2.18. The predicted molar refractivity (Wildman–Crippen MR) is 109 cm³/mol. The summed E-state index contributed by atoms with van der Waals surface area (Å²) in [5.41, 5.74) is 1.14. The molecule has 3 rings (SSSR count). The monoisotopic (exact) mass is 400 g/mol. The molecule has 0 aliphatic carbocycles.